The predicted molar refractivity (Wildman–Crippen MR) is 86.8 cm³/mol. The Morgan fingerprint density at radius 2 is 2.05 bits per heavy atom. The lowest BCUT2D eigenvalue weighted by Gasteiger charge is -2.07. The zero-order valence-corrected chi connectivity index (χ0v) is 13.1. The molecule has 0 amide bonds. The van der Waals surface area contributed by atoms with Crippen LogP contribution in [0.3, 0.4) is 0 Å². The van der Waals surface area contributed by atoms with Crippen LogP contribution in [0.5, 0.6) is 0 Å². The molecule has 0 aliphatic rings. The average Bonchev–Trinajstić information content (AvgIpc) is 2.85. The first-order valence-corrected chi connectivity index (χ1v) is 7.39. The summed E-state index contributed by atoms with van der Waals surface area (Å²) in [6.45, 7) is 0.424. The van der Waals surface area contributed by atoms with Crippen LogP contribution >= 0.6 is 27.5 Å². The number of hydrogen-bond donors (Lipinski definition) is 0. The van der Waals surface area contributed by atoms with Gasteiger partial charge in [0.2, 0.25) is 0 Å². The number of nitrogens with zero attached hydrogens (tertiary/aromatic N) is 2. The molecule has 0 aliphatic heterocycles. The van der Waals surface area contributed by atoms with Crippen molar-refractivity contribution in [3.05, 3.63) is 73.8 Å². The van der Waals surface area contributed by atoms with Gasteiger partial charge < -0.3 is 4.57 Å². The van der Waals surface area contributed by atoms with Crippen LogP contribution in [0.1, 0.15) is 5.56 Å². The molecule has 0 radical (unpaired) electrons. The van der Waals surface area contributed by atoms with Crippen molar-refractivity contribution in [1.29, 1.82) is 0 Å². The van der Waals surface area contributed by atoms with Gasteiger partial charge in [0.1, 0.15) is 0 Å². The fourth-order valence-electron chi connectivity index (χ4n) is 2.35. The van der Waals surface area contributed by atoms with Crippen molar-refractivity contribution in [2.75, 3.05) is 0 Å². The highest BCUT2D eigenvalue weighted by atomic mass is 79.9. The molecule has 0 fully saturated rings. The van der Waals surface area contributed by atoms with Gasteiger partial charge in [-0.2, -0.15) is 0 Å². The third-order valence-electron chi connectivity index (χ3n) is 3.35. The first-order chi connectivity index (χ1) is 10.1. The predicted octanol–water partition coefficient (Wildman–Crippen LogP) is 5.01. The second-order valence-corrected chi connectivity index (χ2v) is 5.94. The van der Waals surface area contributed by atoms with E-state index in [1.165, 1.54) is 6.07 Å². The van der Waals surface area contributed by atoms with Gasteiger partial charge in [-0.25, -0.2) is 0 Å². The molecule has 0 saturated heterocycles. The lowest BCUT2D eigenvalue weighted by atomic mass is 10.1. The lowest BCUT2D eigenvalue weighted by molar-refractivity contribution is -0.385. The Balaban J connectivity index is 2.07. The van der Waals surface area contributed by atoms with Crippen molar-refractivity contribution in [1.82, 2.24) is 4.57 Å². The van der Waals surface area contributed by atoms with E-state index in [4.69, 9.17) is 11.6 Å². The van der Waals surface area contributed by atoms with Crippen LogP contribution in [0, 0.1) is 10.1 Å². The van der Waals surface area contributed by atoms with Gasteiger partial charge in [0.05, 0.1) is 11.5 Å². The molecule has 106 valence electrons. The summed E-state index contributed by atoms with van der Waals surface area (Å²) in [5.41, 5.74) is 1.69. The van der Waals surface area contributed by atoms with E-state index < -0.39 is 4.92 Å². The Labute approximate surface area is 134 Å². The summed E-state index contributed by atoms with van der Waals surface area (Å²) >= 11 is 9.34. The molecule has 3 aromatic rings. The summed E-state index contributed by atoms with van der Waals surface area (Å²) in [4.78, 5) is 10.8. The van der Waals surface area contributed by atoms with Crippen molar-refractivity contribution < 1.29 is 4.92 Å². The molecule has 2 aromatic carbocycles. The van der Waals surface area contributed by atoms with E-state index in [9.17, 15) is 10.1 Å². The fraction of sp³-hybridized carbons (Fsp3) is 0.0667. The van der Waals surface area contributed by atoms with E-state index in [2.05, 4.69) is 15.9 Å². The SMILES string of the molecule is O=[N+]([O-])c1cc(Cl)ccc1Cn1ccc2c(Br)cccc21. The van der Waals surface area contributed by atoms with Crippen molar-refractivity contribution in [2.45, 2.75) is 6.54 Å². The van der Waals surface area contributed by atoms with Gasteiger partial charge in [-0.15, -0.1) is 0 Å². The van der Waals surface area contributed by atoms with Gasteiger partial charge >= 0.3 is 0 Å². The first kappa shape index (κ1) is 14.1. The molecule has 4 nitrogen and oxygen atoms in total. The van der Waals surface area contributed by atoms with Crippen LogP contribution in [0.25, 0.3) is 10.9 Å². The number of rotatable bonds is 3. The van der Waals surface area contributed by atoms with Gasteiger partial charge in [-0.1, -0.05) is 33.6 Å². The Bertz CT molecular complexity index is 845. The summed E-state index contributed by atoms with van der Waals surface area (Å²) < 4.78 is 2.99. The summed E-state index contributed by atoms with van der Waals surface area (Å²) in [7, 11) is 0. The Kier molecular flexibility index (Phi) is 3.69. The number of halogens is 2. The summed E-state index contributed by atoms with van der Waals surface area (Å²) in [6.07, 6.45) is 1.92. The topological polar surface area (TPSA) is 48.1 Å². The minimum atomic E-state index is -0.400. The Hall–Kier alpha value is -1.85. The minimum Gasteiger partial charge on any atom is -0.343 e. The standard InChI is InChI=1S/C15H10BrClN2O2/c16-13-2-1-3-14-12(13)6-7-18(14)9-10-4-5-11(17)8-15(10)19(20)21/h1-8H,9H2. The zero-order chi connectivity index (χ0) is 15.0. The van der Waals surface area contributed by atoms with Crippen molar-refractivity contribution in [3.8, 4) is 0 Å². The van der Waals surface area contributed by atoms with E-state index in [-0.39, 0.29) is 5.69 Å². The second kappa shape index (κ2) is 5.50. The van der Waals surface area contributed by atoms with Gasteiger partial charge in [0.15, 0.2) is 0 Å². The number of benzene rings is 2. The molecule has 6 heteroatoms. The highest BCUT2D eigenvalue weighted by Gasteiger charge is 2.15. The van der Waals surface area contributed by atoms with Crippen molar-refractivity contribution in [3.63, 3.8) is 0 Å². The molecule has 0 spiro atoms. The van der Waals surface area contributed by atoms with Crippen molar-refractivity contribution >= 4 is 44.1 Å². The molecule has 0 saturated carbocycles. The minimum absolute atomic E-state index is 0.0411. The van der Waals surface area contributed by atoms with E-state index in [1.807, 2.05) is 35.0 Å². The third-order valence-corrected chi connectivity index (χ3v) is 4.27. The van der Waals surface area contributed by atoms with Gasteiger partial charge in [0.25, 0.3) is 5.69 Å². The molecule has 0 unspecified atom stereocenters. The van der Waals surface area contributed by atoms with E-state index in [0.717, 1.165) is 15.4 Å². The highest BCUT2D eigenvalue weighted by molar-refractivity contribution is 9.10. The van der Waals surface area contributed by atoms with Crippen LogP contribution in [-0.2, 0) is 6.54 Å². The van der Waals surface area contributed by atoms with Gasteiger partial charge in [-0.05, 0) is 30.3 Å². The van der Waals surface area contributed by atoms with Gasteiger partial charge in [0, 0.05) is 38.2 Å². The van der Waals surface area contributed by atoms with E-state index in [0.29, 0.717) is 17.1 Å². The third kappa shape index (κ3) is 2.66. The Morgan fingerprint density at radius 3 is 2.81 bits per heavy atom. The number of hydrogen-bond acceptors (Lipinski definition) is 2. The van der Waals surface area contributed by atoms with Crippen LogP contribution in [0.15, 0.2) is 53.1 Å². The number of nitro benzene ring substituents is 1. The van der Waals surface area contributed by atoms with Gasteiger partial charge in [-0.3, -0.25) is 10.1 Å². The summed E-state index contributed by atoms with van der Waals surface area (Å²) in [6, 6.07) is 12.6. The van der Waals surface area contributed by atoms with Crippen molar-refractivity contribution in [2.24, 2.45) is 0 Å². The quantitative estimate of drug-likeness (QED) is 0.483. The lowest BCUT2D eigenvalue weighted by Crippen LogP contribution is -2.02. The molecule has 3 rings (SSSR count). The molecule has 21 heavy (non-hydrogen) atoms. The normalized spacial score (nSPS) is 11.0. The molecular formula is C15H10BrClN2O2. The molecule has 1 heterocycles. The number of fused-ring (bicyclic) bond motifs is 1. The maximum atomic E-state index is 11.2. The van der Waals surface area contributed by atoms with E-state index in [1.54, 1.807) is 12.1 Å². The van der Waals surface area contributed by atoms with E-state index >= 15 is 0 Å². The smallest absolute Gasteiger partial charge is 0.275 e. The number of nitro groups is 1. The molecule has 0 atom stereocenters. The monoisotopic (exact) mass is 364 g/mol. The van der Waals surface area contributed by atoms with Crippen LogP contribution < -0.4 is 0 Å². The maximum Gasteiger partial charge on any atom is 0.275 e. The largest absolute Gasteiger partial charge is 0.343 e. The molecule has 0 N–H and O–H groups in total. The summed E-state index contributed by atoms with van der Waals surface area (Å²) in [5.74, 6) is 0. The van der Waals surface area contributed by atoms with Crippen LogP contribution in [0.4, 0.5) is 5.69 Å². The number of aromatic nitrogens is 1. The summed E-state index contributed by atoms with van der Waals surface area (Å²) in [5, 5.41) is 12.6. The average molecular weight is 366 g/mol. The molecule has 0 bridgehead atoms. The fourth-order valence-corrected chi connectivity index (χ4v) is 3.00. The zero-order valence-electron chi connectivity index (χ0n) is 10.8. The maximum absolute atomic E-state index is 11.2. The highest BCUT2D eigenvalue weighted by Crippen LogP contribution is 2.28. The van der Waals surface area contributed by atoms with Crippen LogP contribution in [0.2, 0.25) is 5.02 Å². The molecule has 1 aromatic heterocycles. The Morgan fingerprint density at radius 1 is 1.24 bits per heavy atom. The molecular weight excluding hydrogens is 356 g/mol. The second-order valence-electron chi connectivity index (χ2n) is 4.65. The van der Waals surface area contributed by atoms with Crippen LogP contribution in [-0.4, -0.2) is 9.49 Å². The first-order valence-electron chi connectivity index (χ1n) is 6.22. The molecule has 0 aliphatic carbocycles.